The van der Waals surface area contributed by atoms with E-state index < -0.39 is 0 Å². The Hall–Kier alpha value is -0.540. The van der Waals surface area contributed by atoms with Crippen LogP contribution in [0.4, 0.5) is 5.69 Å². The molecule has 0 amide bonds. The molecule has 0 saturated carbocycles. The third kappa shape index (κ3) is 1.76. The average Bonchev–Trinajstić information content (AvgIpc) is 2.54. The van der Waals surface area contributed by atoms with Gasteiger partial charge in [-0.15, -0.1) is 0 Å². The van der Waals surface area contributed by atoms with Crippen LogP contribution in [0.25, 0.3) is 0 Å². The SMILES string of the molecule is NC1CC2CCC(C1)N2c1ccc(Br)cc1. The van der Waals surface area contributed by atoms with Gasteiger partial charge in [0.15, 0.2) is 0 Å². The van der Waals surface area contributed by atoms with Gasteiger partial charge in [-0.3, -0.25) is 0 Å². The fourth-order valence-corrected chi connectivity index (χ4v) is 3.52. The fourth-order valence-electron chi connectivity index (χ4n) is 3.25. The second-order valence-corrected chi connectivity index (χ2v) is 5.92. The molecule has 2 saturated heterocycles. The molecule has 2 aliphatic rings. The van der Waals surface area contributed by atoms with E-state index in [0.29, 0.717) is 18.1 Å². The molecule has 2 unspecified atom stereocenters. The molecular formula is C13H17BrN2. The summed E-state index contributed by atoms with van der Waals surface area (Å²) in [6, 6.07) is 10.5. The Bertz CT molecular complexity index is 362. The number of hydrogen-bond donors (Lipinski definition) is 1. The van der Waals surface area contributed by atoms with Crippen molar-refractivity contribution in [3.63, 3.8) is 0 Å². The van der Waals surface area contributed by atoms with E-state index in [2.05, 4.69) is 45.1 Å². The standard InChI is InChI=1S/C13H17BrN2/c14-9-1-3-11(4-2-9)16-12-5-6-13(16)8-10(15)7-12/h1-4,10,12-13H,5-8,15H2. The highest BCUT2D eigenvalue weighted by Gasteiger charge is 2.39. The summed E-state index contributed by atoms with van der Waals surface area (Å²) >= 11 is 3.49. The summed E-state index contributed by atoms with van der Waals surface area (Å²) in [4.78, 5) is 2.59. The number of piperidine rings is 1. The van der Waals surface area contributed by atoms with Crippen molar-refractivity contribution in [2.45, 2.75) is 43.8 Å². The van der Waals surface area contributed by atoms with Gasteiger partial charge in [-0.25, -0.2) is 0 Å². The molecule has 0 aromatic heterocycles. The lowest BCUT2D eigenvalue weighted by Gasteiger charge is -2.39. The van der Waals surface area contributed by atoms with Gasteiger partial charge in [0.1, 0.15) is 0 Å². The first-order valence-corrected chi connectivity index (χ1v) is 6.83. The van der Waals surface area contributed by atoms with Gasteiger partial charge in [0.05, 0.1) is 0 Å². The van der Waals surface area contributed by atoms with Crippen LogP contribution in [0.2, 0.25) is 0 Å². The lowest BCUT2D eigenvalue weighted by atomic mass is 9.97. The van der Waals surface area contributed by atoms with Crippen LogP contribution in [0.15, 0.2) is 28.7 Å². The molecule has 2 bridgehead atoms. The number of anilines is 1. The lowest BCUT2D eigenvalue weighted by Crippen LogP contribution is -2.47. The summed E-state index contributed by atoms with van der Waals surface area (Å²) in [7, 11) is 0. The molecule has 0 aliphatic carbocycles. The monoisotopic (exact) mass is 280 g/mol. The van der Waals surface area contributed by atoms with Gasteiger partial charge in [0, 0.05) is 28.3 Å². The molecule has 2 heterocycles. The van der Waals surface area contributed by atoms with E-state index in [9.17, 15) is 0 Å². The molecule has 16 heavy (non-hydrogen) atoms. The van der Waals surface area contributed by atoms with Gasteiger partial charge in [-0.1, -0.05) is 15.9 Å². The quantitative estimate of drug-likeness (QED) is 0.857. The number of rotatable bonds is 1. The minimum atomic E-state index is 0.421. The van der Waals surface area contributed by atoms with Crippen molar-refractivity contribution in [2.75, 3.05) is 4.90 Å². The maximum absolute atomic E-state index is 6.09. The van der Waals surface area contributed by atoms with Gasteiger partial charge < -0.3 is 10.6 Å². The molecule has 2 atom stereocenters. The summed E-state index contributed by atoms with van der Waals surface area (Å²) in [6.45, 7) is 0. The van der Waals surface area contributed by atoms with Crippen molar-refractivity contribution >= 4 is 21.6 Å². The summed E-state index contributed by atoms with van der Waals surface area (Å²) in [5.41, 5.74) is 7.45. The number of halogens is 1. The second kappa shape index (κ2) is 4.04. The summed E-state index contributed by atoms with van der Waals surface area (Å²) < 4.78 is 1.15. The summed E-state index contributed by atoms with van der Waals surface area (Å²) in [6.07, 6.45) is 4.95. The van der Waals surface area contributed by atoms with Crippen LogP contribution in [-0.2, 0) is 0 Å². The van der Waals surface area contributed by atoms with Crippen molar-refractivity contribution in [2.24, 2.45) is 5.73 Å². The van der Waals surface area contributed by atoms with Crippen LogP contribution >= 0.6 is 15.9 Å². The Balaban J connectivity index is 1.88. The Morgan fingerprint density at radius 2 is 1.62 bits per heavy atom. The molecule has 0 spiro atoms. The molecule has 86 valence electrons. The van der Waals surface area contributed by atoms with Gasteiger partial charge in [0.2, 0.25) is 0 Å². The van der Waals surface area contributed by atoms with Crippen molar-refractivity contribution in [3.05, 3.63) is 28.7 Å². The highest BCUT2D eigenvalue weighted by Crippen LogP contribution is 2.38. The predicted octanol–water partition coefficient (Wildman–Crippen LogP) is 2.91. The zero-order chi connectivity index (χ0) is 11.1. The van der Waals surface area contributed by atoms with Gasteiger partial charge >= 0.3 is 0 Å². The molecule has 2 N–H and O–H groups in total. The molecular weight excluding hydrogens is 264 g/mol. The molecule has 2 aliphatic heterocycles. The highest BCUT2D eigenvalue weighted by molar-refractivity contribution is 9.10. The van der Waals surface area contributed by atoms with Crippen LogP contribution in [-0.4, -0.2) is 18.1 Å². The average molecular weight is 281 g/mol. The number of hydrogen-bond acceptors (Lipinski definition) is 2. The van der Waals surface area contributed by atoms with Gasteiger partial charge in [-0.05, 0) is 49.9 Å². The Morgan fingerprint density at radius 1 is 1.06 bits per heavy atom. The maximum atomic E-state index is 6.09. The minimum absolute atomic E-state index is 0.421. The van der Waals surface area contributed by atoms with Crippen LogP contribution in [0.3, 0.4) is 0 Å². The molecule has 2 fully saturated rings. The lowest BCUT2D eigenvalue weighted by molar-refractivity contribution is 0.414. The van der Waals surface area contributed by atoms with Crippen molar-refractivity contribution < 1.29 is 0 Å². The smallest absolute Gasteiger partial charge is 0.0372 e. The van der Waals surface area contributed by atoms with E-state index in [-0.39, 0.29) is 0 Å². The van der Waals surface area contributed by atoms with Crippen LogP contribution in [0, 0.1) is 0 Å². The first-order valence-electron chi connectivity index (χ1n) is 6.03. The maximum Gasteiger partial charge on any atom is 0.0372 e. The van der Waals surface area contributed by atoms with E-state index in [1.165, 1.54) is 18.5 Å². The number of fused-ring (bicyclic) bond motifs is 2. The third-order valence-electron chi connectivity index (χ3n) is 3.89. The Morgan fingerprint density at radius 3 is 2.19 bits per heavy atom. The Labute approximate surface area is 105 Å². The third-order valence-corrected chi connectivity index (χ3v) is 4.42. The van der Waals surface area contributed by atoms with Gasteiger partial charge in [0.25, 0.3) is 0 Å². The molecule has 1 aromatic rings. The molecule has 1 aromatic carbocycles. The number of nitrogens with two attached hydrogens (primary N) is 1. The summed E-state index contributed by atoms with van der Waals surface area (Å²) in [5.74, 6) is 0. The van der Waals surface area contributed by atoms with Crippen LogP contribution in [0.5, 0.6) is 0 Å². The van der Waals surface area contributed by atoms with E-state index in [1.54, 1.807) is 0 Å². The number of benzene rings is 1. The number of nitrogens with zero attached hydrogens (tertiary/aromatic N) is 1. The van der Waals surface area contributed by atoms with Crippen molar-refractivity contribution in [1.29, 1.82) is 0 Å². The normalized spacial score (nSPS) is 33.1. The Kier molecular flexibility index (Phi) is 2.68. The largest absolute Gasteiger partial charge is 0.365 e. The van der Waals surface area contributed by atoms with E-state index >= 15 is 0 Å². The predicted molar refractivity (Wildman–Crippen MR) is 70.6 cm³/mol. The van der Waals surface area contributed by atoms with Crippen molar-refractivity contribution in [1.82, 2.24) is 0 Å². The molecule has 2 nitrogen and oxygen atoms in total. The minimum Gasteiger partial charge on any atom is -0.365 e. The summed E-state index contributed by atoms with van der Waals surface area (Å²) in [5, 5.41) is 0. The topological polar surface area (TPSA) is 29.3 Å². The zero-order valence-electron chi connectivity index (χ0n) is 9.27. The first-order chi connectivity index (χ1) is 7.74. The molecule has 0 radical (unpaired) electrons. The molecule has 3 heteroatoms. The van der Waals surface area contributed by atoms with Crippen LogP contribution in [0.1, 0.15) is 25.7 Å². The van der Waals surface area contributed by atoms with E-state index in [0.717, 1.165) is 17.3 Å². The fraction of sp³-hybridized carbons (Fsp3) is 0.538. The van der Waals surface area contributed by atoms with E-state index in [1.807, 2.05) is 0 Å². The highest BCUT2D eigenvalue weighted by atomic mass is 79.9. The first kappa shape index (κ1) is 10.6. The van der Waals surface area contributed by atoms with E-state index in [4.69, 9.17) is 5.73 Å². The van der Waals surface area contributed by atoms with Gasteiger partial charge in [-0.2, -0.15) is 0 Å². The van der Waals surface area contributed by atoms with Crippen molar-refractivity contribution in [3.8, 4) is 0 Å². The van der Waals surface area contributed by atoms with Crippen LogP contribution < -0.4 is 10.6 Å². The zero-order valence-corrected chi connectivity index (χ0v) is 10.9. The second-order valence-electron chi connectivity index (χ2n) is 5.00. The molecule has 3 rings (SSSR count).